The SMILES string of the molecule is Cn1cc(C(=O)O)c(=O)c2c3ccc(F)c(N4CCCC4CNc4ccccc4)c3ncc21. The van der Waals surface area contributed by atoms with E-state index in [9.17, 15) is 14.7 Å². The van der Waals surface area contributed by atoms with Crippen LogP contribution in [0.1, 0.15) is 23.2 Å². The van der Waals surface area contributed by atoms with Gasteiger partial charge in [0.25, 0.3) is 0 Å². The molecule has 33 heavy (non-hydrogen) atoms. The molecule has 1 unspecified atom stereocenters. The third kappa shape index (κ3) is 3.57. The third-order valence-corrected chi connectivity index (χ3v) is 6.33. The second-order valence-corrected chi connectivity index (χ2v) is 8.33. The van der Waals surface area contributed by atoms with E-state index in [1.807, 2.05) is 35.2 Å². The molecule has 1 saturated heterocycles. The summed E-state index contributed by atoms with van der Waals surface area (Å²) in [6.07, 6.45) is 4.61. The molecule has 2 aromatic carbocycles. The minimum Gasteiger partial charge on any atom is -0.477 e. The number of benzene rings is 2. The number of carbonyl (C=O) groups is 1. The standard InChI is InChI=1S/C25H23FN4O3/c1-29-14-18(25(32)33)24(31)21-17-9-10-19(26)23(22(17)28-13-20(21)29)30-11-5-8-16(30)12-27-15-6-3-2-4-7-15/h2-4,6-7,9-10,13-14,16,27H,5,8,11-12H2,1H3,(H,32,33). The van der Waals surface area contributed by atoms with Crippen molar-refractivity contribution in [3.63, 3.8) is 0 Å². The van der Waals surface area contributed by atoms with Crippen molar-refractivity contribution in [2.45, 2.75) is 18.9 Å². The number of nitrogens with zero attached hydrogens (tertiary/aromatic N) is 3. The van der Waals surface area contributed by atoms with Gasteiger partial charge in [0.05, 0.1) is 28.3 Å². The number of carboxylic acid groups (broad SMARTS) is 1. The fourth-order valence-electron chi connectivity index (χ4n) is 4.74. The molecule has 4 aromatic rings. The normalized spacial score (nSPS) is 15.9. The second-order valence-electron chi connectivity index (χ2n) is 8.33. The van der Waals surface area contributed by atoms with Crippen molar-refractivity contribution in [2.24, 2.45) is 7.05 Å². The van der Waals surface area contributed by atoms with E-state index in [4.69, 9.17) is 0 Å². The number of fused-ring (bicyclic) bond motifs is 3. The molecule has 1 fully saturated rings. The van der Waals surface area contributed by atoms with Crippen LogP contribution in [0.15, 0.2) is 59.7 Å². The van der Waals surface area contributed by atoms with Gasteiger partial charge >= 0.3 is 5.97 Å². The Hall–Kier alpha value is -3.94. The van der Waals surface area contributed by atoms with Crippen LogP contribution in [0, 0.1) is 5.82 Å². The summed E-state index contributed by atoms with van der Waals surface area (Å²) in [4.78, 5) is 31.2. The van der Waals surface area contributed by atoms with Gasteiger partial charge in [-0.25, -0.2) is 9.18 Å². The second kappa shape index (κ2) is 8.20. The van der Waals surface area contributed by atoms with Gasteiger partial charge in [-0.15, -0.1) is 0 Å². The molecule has 0 amide bonds. The van der Waals surface area contributed by atoms with Crippen molar-refractivity contribution >= 4 is 39.1 Å². The van der Waals surface area contributed by atoms with Crippen LogP contribution in [-0.2, 0) is 7.05 Å². The smallest absolute Gasteiger partial charge is 0.341 e. The van der Waals surface area contributed by atoms with E-state index in [1.54, 1.807) is 11.6 Å². The maximum atomic E-state index is 15.2. The predicted molar refractivity (Wildman–Crippen MR) is 127 cm³/mol. The van der Waals surface area contributed by atoms with Crippen LogP contribution in [0.3, 0.4) is 0 Å². The van der Waals surface area contributed by atoms with Crippen molar-refractivity contribution in [3.05, 3.63) is 76.5 Å². The van der Waals surface area contributed by atoms with Crippen LogP contribution in [0.4, 0.5) is 15.8 Å². The van der Waals surface area contributed by atoms with Crippen LogP contribution in [-0.4, -0.2) is 39.8 Å². The quantitative estimate of drug-likeness (QED) is 0.451. The van der Waals surface area contributed by atoms with E-state index in [2.05, 4.69) is 10.3 Å². The van der Waals surface area contributed by atoms with Gasteiger partial charge in [-0.1, -0.05) is 18.2 Å². The Morgan fingerprint density at radius 2 is 2.03 bits per heavy atom. The Balaban J connectivity index is 1.63. The van der Waals surface area contributed by atoms with Gasteiger partial charge in [-0.3, -0.25) is 9.78 Å². The van der Waals surface area contributed by atoms with Crippen molar-refractivity contribution in [1.82, 2.24) is 9.55 Å². The summed E-state index contributed by atoms with van der Waals surface area (Å²) in [5.41, 5.74) is 1.30. The fraction of sp³-hybridized carbons (Fsp3) is 0.240. The lowest BCUT2D eigenvalue weighted by atomic mass is 10.0. The first-order chi connectivity index (χ1) is 16.0. The first kappa shape index (κ1) is 20.9. The molecular formula is C25H23FN4O3. The number of aromatic nitrogens is 2. The molecule has 2 aromatic heterocycles. The molecular weight excluding hydrogens is 423 g/mol. The number of carboxylic acids is 1. The lowest BCUT2D eigenvalue weighted by Crippen LogP contribution is -2.35. The highest BCUT2D eigenvalue weighted by molar-refractivity contribution is 6.09. The summed E-state index contributed by atoms with van der Waals surface area (Å²) < 4.78 is 16.8. The zero-order valence-corrected chi connectivity index (χ0v) is 18.1. The van der Waals surface area contributed by atoms with Crippen LogP contribution in [0.25, 0.3) is 21.8 Å². The highest BCUT2D eigenvalue weighted by Crippen LogP contribution is 2.35. The number of hydrogen-bond acceptors (Lipinski definition) is 5. The number of halogens is 1. The summed E-state index contributed by atoms with van der Waals surface area (Å²) in [5, 5.41) is 13.6. The zero-order chi connectivity index (χ0) is 23.1. The van der Waals surface area contributed by atoms with Crippen molar-refractivity contribution in [1.29, 1.82) is 0 Å². The van der Waals surface area contributed by atoms with Gasteiger partial charge in [-0.05, 0) is 37.1 Å². The molecule has 0 aliphatic carbocycles. The molecule has 1 aliphatic rings. The molecule has 0 spiro atoms. The zero-order valence-electron chi connectivity index (χ0n) is 18.1. The summed E-state index contributed by atoms with van der Waals surface area (Å²) in [5.74, 6) is -1.71. The Morgan fingerprint density at radius 3 is 2.79 bits per heavy atom. The minimum absolute atomic E-state index is 0.0518. The molecule has 2 N–H and O–H groups in total. The van der Waals surface area contributed by atoms with E-state index in [-0.39, 0.29) is 17.0 Å². The fourth-order valence-corrected chi connectivity index (χ4v) is 4.74. The number of aromatic carboxylic acids is 1. The number of aryl methyl sites for hydroxylation is 1. The lowest BCUT2D eigenvalue weighted by molar-refractivity contribution is 0.0695. The Labute approximate surface area is 189 Å². The maximum Gasteiger partial charge on any atom is 0.341 e. The van der Waals surface area contributed by atoms with E-state index < -0.39 is 17.2 Å². The number of rotatable bonds is 5. The number of para-hydroxylation sites is 1. The molecule has 1 atom stereocenters. The van der Waals surface area contributed by atoms with E-state index in [0.29, 0.717) is 35.2 Å². The van der Waals surface area contributed by atoms with Crippen LogP contribution < -0.4 is 15.6 Å². The van der Waals surface area contributed by atoms with Gasteiger partial charge in [0.2, 0.25) is 5.43 Å². The number of pyridine rings is 2. The maximum absolute atomic E-state index is 15.2. The van der Waals surface area contributed by atoms with E-state index in [0.717, 1.165) is 18.5 Å². The summed E-state index contributed by atoms with van der Waals surface area (Å²) in [6, 6.07) is 12.8. The average molecular weight is 446 g/mol. The van der Waals surface area contributed by atoms with Gasteiger partial charge in [0.15, 0.2) is 0 Å². The first-order valence-corrected chi connectivity index (χ1v) is 10.8. The van der Waals surface area contributed by atoms with Crippen LogP contribution in [0.5, 0.6) is 0 Å². The molecule has 3 heterocycles. The van der Waals surface area contributed by atoms with Gasteiger partial charge in [0.1, 0.15) is 11.4 Å². The summed E-state index contributed by atoms with van der Waals surface area (Å²) in [7, 11) is 1.66. The van der Waals surface area contributed by atoms with E-state index in [1.165, 1.54) is 24.5 Å². The molecule has 0 bridgehead atoms. The molecule has 8 heteroatoms. The number of nitrogens with one attached hydrogen (secondary N) is 1. The van der Waals surface area contributed by atoms with Gasteiger partial charge < -0.3 is 19.9 Å². The monoisotopic (exact) mass is 446 g/mol. The molecule has 5 rings (SSSR count). The van der Waals surface area contributed by atoms with Crippen molar-refractivity contribution < 1.29 is 14.3 Å². The van der Waals surface area contributed by atoms with Crippen LogP contribution in [0.2, 0.25) is 0 Å². The number of hydrogen-bond donors (Lipinski definition) is 2. The average Bonchev–Trinajstić information content (AvgIpc) is 3.27. The summed E-state index contributed by atoms with van der Waals surface area (Å²) >= 11 is 0. The summed E-state index contributed by atoms with van der Waals surface area (Å²) in [6.45, 7) is 1.31. The van der Waals surface area contributed by atoms with Gasteiger partial charge in [0, 0.05) is 43.4 Å². The largest absolute Gasteiger partial charge is 0.477 e. The minimum atomic E-state index is -1.30. The van der Waals surface area contributed by atoms with Gasteiger partial charge in [-0.2, -0.15) is 0 Å². The molecule has 7 nitrogen and oxygen atoms in total. The highest BCUT2D eigenvalue weighted by Gasteiger charge is 2.29. The predicted octanol–water partition coefficient (Wildman–Crippen LogP) is 4.00. The van der Waals surface area contributed by atoms with Crippen LogP contribution >= 0.6 is 0 Å². The Bertz CT molecular complexity index is 1440. The van der Waals surface area contributed by atoms with Crippen molar-refractivity contribution in [2.75, 3.05) is 23.3 Å². The molecule has 168 valence electrons. The molecule has 0 radical (unpaired) electrons. The molecule has 1 aliphatic heterocycles. The first-order valence-electron chi connectivity index (χ1n) is 10.8. The van der Waals surface area contributed by atoms with E-state index >= 15 is 4.39 Å². The third-order valence-electron chi connectivity index (χ3n) is 6.33. The lowest BCUT2D eigenvalue weighted by Gasteiger charge is -2.28. The molecule has 0 saturated carbocycles. The topological polar surface area (TPSA) is 87.5 Å². The highest BCUT2D eigenvalue weighted by atomic mass is 19.1. The Morgan fingerprint density at radius 1 is 1.24 bits per heavy atom. The Kier molecular flexibility index (Phi) is 5.20. The number of anilines is 2. The van der Waals surface area contributed by atoms with Crippen molar-refractivity contribution in [3.8, 4) is 0 Å².